The number of para-hydroxylation sites is 2. The Labute approximate surface area is 368 Å². The summed E-state index contributed by atoms with van der Waals surface area (Å²) in [5, 5.41) is 14.9. The van der Waals surface area contributed by atoms with Gasteiger partial charge in [0.05, 0.1) is 0 Å². The van der Waals surface area contributed by atoms with Crippen LogP contribution in [0.5, 0.6) is 5.75 Å². The normalized spacial score (nSPS) is 13.4. The van der Waals surface area contributed by atoms with E-state index in [4.69, 9.17) is 9.98 Å². The van der Waals surface area contributed by atoms with Crippen molar-refractivity contribution in [3.8, 4) is 50.4 Å². The van der Waals surface area contributed by atoms with Gasteiger partial charge in [0.1, 0.15) is 5.75 Å². The SMILES string of the molecule is CC(C)(C)c1cc(-c2cc(-c3ccccc3)ccn2)[c-]c(-c2ccc3c4c2N=C(c2cc(C(C)(C)C)cc(C(C)(C)C)c2O)B4n2c4ccccc4c4cccc-3c42)c1.[Pt]. The topological polar surface area (TPSA) is 50.4 Å². The van der Waals surface area contributed by atoms with Gasteiger partial charge < -0.3 is 9.58 Å². The molecule has 0 saturated heterocycles. The van der Waals surface area contributed by atoms with Crippen LogP contribution in [0, 0.1) is 6.07 Å². The molecule has 4 nitrogen and oxygen atoms in total. The maximum absolute atomic E-state index is 12.5. The molecular formula is C54H49BN3OPt-. The van der Waals surface area contributed by atoms with Crippen LogP contribution in [0.3, 0.4) is 0 Å². The van der Waals surface area contributed by atoms with E-state index in [0.29, 0.717) is 5.75 Å². The number of pyridine rings is 1. The van der Waals surface area contributed by atoms with E-state index in [9.17, 15) is 5.11 Å². The summed E-state index contributed by atoms with van der Waals surface area (Å²) >= 11 is 0. The van der Waals surface area contributed by atoms with Crippen molar-refractivity contribution in [2.75, 3.05) is 0 Å². The molecule has 0 radical (unpaired) electrons. The summed E-state index contributed by atoms with van der Waals surface area (Å²) in [6.07, 6.45) is 1.90. The monoisotopic (exact) mass is 961 g/mol. The molecule has 0 saturated carbocycles. The summed E-state index contributed by atoms with van der Waals surface area (Å²) in [4.78, 5) is 10.7. The maximum atomic E-state index is 12.5. The second kappa shape index (κ2) is 14.0. The average Bonchev–Trinajstić information content (AvgIpc) is 3.76. The molecule has 0 atom stereocenters. The van der Waals surface area contributed by atoms with Gasteiger partial charge in [-0.05, 0) is 62.2 Å². The minimum absolute atomic E-state index is 0. The Kier molecular flexibility index (Phi) is 9.34. The third-order valence-electron chi connectivity index (χ3n) is 12.5. The minimum Gasteiger partial charge on any atom is -0.507 e. The van der Waals surface area contributed by atoms with Crippen molar-refractivity contribution >= 4 is 45.4 Å². The van der Waals surface area contributed by atoms with E-state index in [-0.39, 0.29) is 44.2 Å². The Morgan fingerprint density at radius 3 is 1.98 bits per heavy atom. The van der Waals surface area contributed by atoms with Crippen LogP contribution in [0.4, 0.5) is 5.69 Å². The van der Waals surface area contributed by atoms with Crippen molar-refractivity contribution in [3.63, 3.8) is 0 Å². The quantitative estimate of drug-likeness (QED) is 0.141. The molecular weight excluding hydrogens is 913 g/mol. The summed E-state index contributed by atoms with van der Waals surface area (Å²) in [6, 6.07) is 47.5. The second-order valence-electron chi connectivity index (χ2n) is 19.6. The number of aromatic hydroxyl groups is 1. The minimum atomic E-state index is -0.292. The van der Waals surface area contributed by atoms with Gasteiger partial charge in [-0.1, -0.05) is 164 Å². The number of phenolic OH excluding ortho intramolecular Hbond substituents is 1. The summed E-state index contributed by atoms with van der Waals surface area (Å²) in [6.45, 7) is 19.8. The smallest absolute Gasteiger partial charge is 0.351 e. The molecule has 2 aromatic heterocycles. The van der Waals surface area contributed by atoms with Gasteiger partial charge >= 0.3 is 6.85 Å². The second-order valence-corrected chi connectivity index (χ2v) is 19.6. The van der Waals surface area contributed by atoms with Gasteiger partial charge in [0, 0.05) is 82.8 Å². The Bertz CT molecular complexity index is 3070. The summed E-state index contributed by atoms with van der Waals surface area (Å²) < 4.78 is 2.50. The zero-order chi connectivity index (χ0) is 41.2. The number of fused-ring (bicyclic) bond motifs is 5. The molecule has 1 N–H and O–H groups in total. The molecule has 300 valence electrons. The van der Waals surface area contributed by atoms with Gasteiger partial charge in [-0.3, -0.25) is 9.98 Å². The van der Waals surface area contributed by atoms with E-state index in [1.54, 1.807) is 0 Å². The number of nitrogens with zero attached hydrogens (tertiary/aromatic N) is 3. The first-order valence-electron chi connectivity index (χ1n) is 20.8. The zero-order valence-electron chi connectivity index (χ0n) is 35.8. The van der Waals surface area contributed by atoms with Gasteiger partial charge in [-0.25, -0.2) is 0 Å². The summed E-state index contributed by atoms with van der Waals surface area (Å²) in [7, 11) is 0. The van der Waals surface area contributed by atoms with Crippen molar-refractivity contribution in [2.45, 2.75) is 78.6 Å². The van der Waals surface area contributed by atoms with Crippen LogP contribution in [0.25, 0.3) is 66.4 Å². The molecule has 0 amide bonds. The van der Waals surface area contributed by atoms with Crippen LogP contribution >= 0.6 is 0 Å². The van der Waals surface area contributed by atoms with Crippen LogP contribution in [0.2, 0.25) is 0 Å². The van der Waals surface area contributed by atoms with Crippen LogP contribution in [-0.4, -0.2) is 27.0 Å². The molecule has 60 heavy (non-hydrogen) atoms. The fourth-order valence-corrected chi connectivity index (χ4v) is 9.28. The van der Waals surface area contributed by atoms with Gasteiger partial charge in [-0.15, -0.1) is 29.3 Å². The number of hydrogen-bond acceptors (Lipinski definition) is 3. The van der Waals surface area contributed by atoms with E-state index in [1.165, 1.54) is 38.5 Å². The molecule has 2 aliphatic heterocycles. The van der Waals surface area contributed by atoms with E-state index in [0.717, 1.165) is 66.9 Å². The van der Waals surface area contributed by atoms with E-state index >= 15 is 0 Å². The molecule has 10 rings (SSSR count). The van der Waals surface area contributed by atoms with Crippen molar-refractivity contribution < 1.29 is 26.2 Å². The molecule has 0 bridgehead atoms. The fraction of sp³-hybridized carbons (Fsp3) is 0.222. The summed E-state index contributed by atoms with van der Waals surface area (Å²) in [5.41, 5.74) is 17.3. The molecule has 0 spiro atoms. The largest absolute Gasteiger partial charge is 0.507 e. The number of rotatable bonds is 4. The molecule has 4 heterocycles. The van der Waals surface area contributed by atoms with Crippen LogP contribution in [0.15, 0.2) is 133 Å². The summed E-state index contributed by atoms with van der Waals surface area (Å²) in [5.74, 6) is 0.305. The van der Waals surface area contributed by atoms with Crippen molar-refractivity contribution in [2.24, 2.45) is 4.99 Å². The molecule has 8 aromatic rings. The number of phenols is 1. The first-order chi connectivity index (χ1) is 28.1. The van der Waals surface area contributed by atoms with Crippen molar-refractivity contribution in [1.82, 2.24) is 9.46 Å². The van der Waals surface area contributed by atoms with Gasteiger partial charge in [0.25, 0.3) is 0 Å². The Morgan fingerprint density at radius 2 is 1.25 bits per heavy atom. The molecule has 6 aromatic carbocycles. The predicted molar refractivity (Wildman–Crippen MR) is 249 cm³/mol. The van der Waals surface area contributed by atoms with Crippen LogP contribution in [-0.2, 0) is 37.3 Å². The standard InChI is InChI=1S/C54H49BN3O.Pt/c1-52(2,3)36-27-34(26-35(28-36)45-29-33(24-25-56-45)32-16-11-10-12-17-32)38-22-23-40-42-20-15-19-41-39-18-13-14-21-46(39)58(49(41)42)55-47(40)48(38)57-51(55)43-30-37(53(4,5)6)31-44(50(43)59)54(7,8)9;/h10-25,27-31,59H,1-9H3;/q-1;. The molecule has 0 aliphatic carbocycles. The number of aliphatic imine (C=N–C) groups is 1. The first-order valence-corrected chi connectivity index (χ1v) is 20.8. The zero-order valence-corrected chi connectivity index (χ0v) is 38.1. The third kappa shape index (κ3) is 6.31. The fourth-order valence-electron chi connectivity index (χ4n) is 9.28. The molecule has 0 fully saturated rings. The number of aromatic nitrogens is 2. The van der Waals surface area contributed by atoms with E-state index in [2.05, 4.69) is 188 Å². The Hall–Kier alpha value is -5.51. The van der Waals surface area contributed by atoms with Crippen LogP contribution in [0.1, 0.15) is 84.6 Å². The van der Waals surface area contributed by atoms with Gasteiger partial charge in [0.15, 0.2) is 0 Å². The maximum Gasteiger partial charge on any atom is 0.351 e. The predicted octanol–water partition coefficient (Wildman–Crippen LogP) is 13.0. The van der Waals surface area contributed by atoms with Gasteiger partial charge in [-0.2, -0.15) is 0 Å². The first kappa shape index (κ1) is 39.9. The van der Waals surface area contributed by atoms with E-state index in [1.807, 2.05) is 12.3 Å². The Balaban J connectivity index is 0.00000462. The number of hydrogen-bond donors (Lipinski definition) is 1. The van der Waals surface area contributed by atoms with Crippen molar-refractivity contribution in [3.05, 3.63) is 156 Å². The molecule has 2 aliphatic rings. The molecule has 6 heteroatoms. The third-order valence-corrected chi connectivity index (χ3v) is 12.5. The van der Waals surface area contributed by atoms with E-state index < -0.39 is 0 Å². The van der Waals surface area contributed by atoms with Crippen molar-refractivity contribution in [1.29, 1.82) is 0 Å². The number of benzene rings is 6. The van der Waals surface area contributed by atoms with Gasteiger partial charge in [0.2, 0.25) is 0 Å². The molecule has 0 unspecified atom stereocenters. The van der Waals surface area contributed by atoms with Crippen LogP contribution < -0.4 is 5.46 Å². The average molecular weight is 962 g/mol. The Morgan fingerprint density at radius 1 is 0.583 bits per heavy atom.